The van der Waals surface area contributed by atoms with Crippen LogP contribution in [0.5, 0.6) is 0 Å². The van der Waals surface area contributed by atoms with Gasteiger partial charge in [0.05, 0.1) is 4.90 Å². The number of aryl methyl sites for hydroxylation is 2. The molecular weight excluding hydrogens is 408 g/mol. The maximum absolute atomic E-state index is 13.5. The molecule has 1 N–H and O–H groups in total. The van der Waals surface area contributed by atoms with Gasteiger partial charge in [-0.2, -0.15) is 0 Å². The summed E-state index contributed by atoms with van der Waals surface area (Å²) >= 11 is 0. The van der Waals surface area contributed by atoms with Crippen molar-refractivity contribution < 1.29 is 13.2 Å². The quantitative estimate of drug-likeness (QED) is 0.579. The van der Waals surface area contributed by atoms with Crippen LogP contribution in [0.4, 0.5) is 0 Å². The van der Waals surface area contributed by atoms with E-state index >= 15 is 0 Å². The van der Waals surface area contributed by atoms with Crippen LogP contribution in [-0.4, -0.2) is 25.9 Å². The van der Waals surface area contributed by atoms with Crippen molar-refractivity contribution in [2.45, 2.75) is 43.8 Å². The van der Waals surface area contributed by atoms with Crippen LogP contribution >= 0.6 is 0 Å². The Morgan fingerprint density at radius 3 is 2.26 bits per heavy atom. The van der Waals surface area contributed by atoms with Gasteiger partial charge in [0, 0.05) is 24.5 Å². The molecule has 0 aliphatic heterocycles. The topological polar surface area (TPSA) is 76.1 Å². The Bertz CT molecular complexity index is 1160. The van der Waals surface area contributed by atoms with Crippen LogP contribution in [0.3, 0.4) is 0 Å². The van der Waals surface area contributed by atoms with Crippen molar-refractivity contribution in [3.05, 3.63) is 94.8 Å². The van der Waals surface area contributed by atoms with E-state index in [2.05, 4.69) is 24.1 Å². The second-order valence-electron chi connectivity index (χ2n) is 8.05. The Balaban J connectivity index is 1.89. The SMILES string of the molecule is Cc1ccc(C(=O)NCC(c2cccnc2)S(=O)(=O)c2ccc(C(C)C)cc2)cc1C. The summed E-state index contributed by atoms with van der Waals surface area (Å²) in [5, 5.41) is 1.86. The number of carbonyl (C=O) groups excluding carboxylic acids is 1. The highest BCUT2D eigenvalue weighted by Crippen LogP contribution is 2.29. The summed E-state index contributed by atoms with van der Waals surface area (Å²) in [5.41, 5.74) is 4.22. The number of nitrogens with zero attached hydrogens (tertiary/aromatic N) is 1. The van der Waals surface area contributed by atoms with Crippen LogP contribution in [-0.2, 0) is 9.84 Å². The van der Waals surface area contributed by atoms with Gasteiger partial charge in [0.15, 0.2) is 9.84 Å². The lowest BCUT2D eigenvalue weighted by atomic mass is 10.0. The highest BCUT2D eigenvalue weighted by molar-refractivity contribution is 7.91. The standard InChI is InChI=1S/C25H28N2O3S/c1-17(2)20-9-11-23(12-10-20)31(29,30)24(22-6-5-13-26-15-22)16-27-25(28)21-8-7-18(3)19(4)14-21/h5-15,17,24H,16H2,1-4H3,(H,27,28). The van der Waals surface area contributed by atoms with E-state index in [0.717, 1.165) is 16.7 Å². The van der Waals surface area contributed by atoms with Crippen molar-refractivity contribution in [3.8, 4) is 0 Å². The Kier molecular flexibility index (Phi) is 6.91. The second kappa shape index (κ2) is 9.43. The molecule has 1 heterocycles. The third kappa shape index (κ3) is 5.20. The zero-order chi connectivity index (χ0) is 22.6. The van der Waals surface area contributed by atoms with Crippen LogP contribution in [0.1, 0.15) is 57.6 Å². The molecule has 0 radical (unpaired) electrons. The van der Waals surface area contributed by atoms with Gasteiger partial charge in [-0.3, -0.25) is 9.78 Å². The van der Waals surface area contributed by atoms with E-state index in [9.17, 15) is 13.2 Å². The van der Waals surface area contributed by atoms with Crippen LogP contribution < -0.4 is 5.32 Å². The number of nitrogens with one attached hydrogen (secondary N) is 1. The molecule has 0 aliphatic rings. The first-order valence-electron chi connectivity index (χ1n) is 10.3. The summed E-state index contributed by atoms with van der Waals surface area (Å²) in [6.45, 7) is 7.99. The fourth-order valence-corrected chi connectivity index (χ4v) is 4.99. The summed E-state index contributed by atoms with van der Waals surface area (Å²) in [5.74, 6) is 0.00507. The van der Waals surface area contributed by atoms with Crippen LogP contribution in [0.25, 0.3) is 0 Å². The van der Waals surface area contributed by atoms with Gasteiger partial charge in [-0.1, -0.05) is 38.1 Å². The molecule has 0 bridgehead atoms. The second-order valence-corrected chi connectivity index (χ2v) is 10.2. The molecule has 1 unspecified atom stereocenters. The fourth-order valence-electron chi connectivity index (χ4n) is 3.35. The fraction of sp³-hybridized carbons (Fsp3) is 0.280. The first kappa shape index (κ1) is 22.7. The zero-order valence-corrected chi connectivity index (χ0v) is 19.1. The molecule has 1 aromatic heterocycles. The molecule has 3 aromatic rings. The minimum Gasteiger partial charge on any atom is -0.350 e. The maximum atomic E-state index is 13.5. The Hall–Kier alpha value is -2.99. The van der Waals surface area contributed by atoms with E-state index < -0.39 is 15.1 Å². The summed E-state index contributed by atoms with van der Waals surface area (Å²) in [6.07, 6.45) is 3.13. The third-order valence-electron chi connectivity index (χ3n) is 5.52. The van der Waals surface area contributed by atoms with Gasteiger partial charge in [-0.05, 0) is 72.4 Å². The number of benzene rings is 2. The van der Waals surface area contributed by atoms with E-state index in [1.807, 2.05) is 38.1 Å². The van der Waals surface area contributed by atoms with Gasteiger partial charge in [-0.25, -0.2) is 8.42 Å². The van der Waals surface area contributed by atoms with Gasteiger partial charge >= 0.3 is 0 Å². The molecule has 6 heteroatoms. The molecule has 1 amide bonds. The van der Waals surface area contributed by atoms with Crippen molar-refractivity contribution >= 4 is 15.7 Å². The lowest BCUT2D eigenvalue weighted by Crippen LogP contribution is -2.32. The number of pyridine rings is 1. The van der Waals surface area contributed by atoms with Crippen molar-refractivity contribution in [2.75, 3.05) is 6.54 Å². The summed E-state index contributed by atoms with van der Waals surface area (Å²) in [7, 11) is -3.74. The third-order valence-corrected chi connectivity index (χ3v) is 7.64. The normalized spacial score (nSPS) is 12.5. The highest BCUT2D eigenvalue weighted by atomic mass is 32.2. The zero-order valence-electron chi connectivity index (χ0n) is 18.3. The lowest BCUT2D eigenvalue weighted by Gasteiger charge is -2.19. The summed E-state index contributed by atoms with van der Waals surface area (Å²) in [4.78, 5) is 17.0. The summed E-state index contributed by atoms with van der Waals surface area (Å²) < 4.78 is 27.0. The number of hydrogen-bond donors (Lipinski definition) is 1. The lowest BCUT2D eigenvalue weighted by molar-refractivity contribution is 0.0953. The smallest absolute Gasteiger partial charge is 0.251 e. The predicted octanol–water partition coefficient (Wildman–Crippen LogP) is 4.77. The first-order valence-corrected chi connectivity index (χ1v) is 11.8. The van der Waals surface area contributed by atoms with Gasteiger partial charge in [-0.15, -0.1) is 0 Å². The molecule has 0 saturated heterocycles. The summed E-state index contributed by atoms with van der Waals surface area (Å²) in [6, 6.07) is 15.8. The van der Waals surface area contributed by atoms with E-state index in [4.69, 9.17) is 0 Å². The van der Waals surface area contributed by atoms with E-state index in [1.54, 1.807) is 36.5 Å². The molecular formula is C25H28N2O3S. The van der Waals surface area contributed by atoms with E-state index in [0.29, 0.717) is 17.0 Å². The largest absolute Gasteiger partial charge is 0.350 e. The minimum atomic E-state index is -3.74. The van der Waals surface area contributed by atoms with E-state index in [1.165, 1.54) is 6.20 Å². The first-order chi connectivity index (χ1) is 14.7. The molecule has 3 rings (SSSR count). The maximum Gasteiger partial charge on any atom is 0.251 e. The Labute approximate surface area is 184 Å². The predicted molar refractivity (Wildman–Crippen MR) is 123 cm³/mol. The number of aromatic nitrogens is 1. The molecule has 0 spiro atoms. The number of carbonyl (C=O) groups is 1. The minimum absolute atomic E-state index is 0.0499. The molecule has 2 aromatic carbocycles. The molecule has 1 atom stereocenters. The van der Waals surface area contributed by atoms with Gasteiger partial charge in [0.25, 0.3) is 5.91 Å². The molecule has 0 saturated carbocycles. The average Bonchev–Trinajstić information content (AvgIpc) is 2.76. The van der Waals surface area contributed by atoms with Crippen LogP contribution in [0.15, 0.2) is 71.9 Å². The van der Waals surface area contributed by atoms with Crippen LogP contribution in [0, 0.1) is 13.8 Å². The monoisotopic (exact) mass is 436 g/mol. The van der Waals surface area contributed by atoms with Crippen LogP contribution in [0.2, 0.25) is 0 Å². The molecule has 5 nitrogen and oxygen atoms in total. The molecule has 31 heavy (non-hydrogen) atoms. The Morgan fingerprint density at radius 2 is 1.68 bits per heavy atom. The molecule has 0 fully saturated rings. The van der Waals surface area contributed by atoms with E-state index in [-0.39, 0.29) is 17.3 Å². The Morgan fingerprint density at radius 1 is 0.968 bits per heavy atom. The van der Waals surface area contributed by atoms with Gasteiger partial charge in [0.2, 0.25) is 0 Å². The number of sulfone groups is 1. The number of rotatable bonds is 7. The number of hydrogen-bond acceptors (Lipinski definition) is 4. The van der Waals surface area contributed by atoms with Gasteiger partial charge < -0.3 is 5.32 Å². The molecule has 0 aliphatic carbocycles. The van der Waals surface area contributed by atoms with Crippen molar-refractivity contribution in [1.82, 2.24) is 10.3 Å². The van der Waals surface area contributed by atoms with Crippen molar-refractivity contribution in [1.29, 1.82) is 0 Å². The average molecular weight is 437 g/mol. The highest BCUT2D eigenvalue weighted by Gasteiger charge is 2.30. The van der Waals surface area contributed by atoms with Crippen molar-refractivity contribution in [3.63, 3.8) is 0 Å². The number of amides is 1. The molecule has 162 valence electrons. The van der Waals surface area contributed by atoms with Crippen molar-refractivity contribution in [2.24, 2.45) is 0 Å². The van der Waals surface area contributed by atoms with Gasteiger partial charge in [0.1, 0.15) is 5.25 Å².